The van der Waals surface area contributed by atoms with Crippen LogP contribution in [0, 0.1) is 5.92 Å². The molecule has 2 aromatic carbocycles. The molecule has 1 fully saturated rings. The van der Waals surface area contributed by atoms with Crippen molar-refractivity contribution in [2.24, 2.45) is 5.92 Å². The molecule has 2 nitrogen and oxygen atoms in total. The first-order valence-corrected chi connectivity index (χ1v) is 9.20. The summed E-state index contributed by atoms with van der Waals surface area (Å²) in [5.41, 5.74) is 2.89. The second kappa shape index (κ2) is 7.88. The van der Waals surface area contributed by atoms with E-state index >= 15 is 0 Å². The average molecular weight is 335 g/mol. The number of methoxy groups -OCH3 is 1. The van der Waals surface area contributed by atoms with Crippen LogP contribution in [0.25, 0.3) is 6.08 Å². The van der Waals surface area contributed by atoms with Crippen LogP contribution in [0.1, 0.15) is 31.4 Å². The Kier molecular flexibility index (Phi) is 5.60. The molecule has 1 saturated heterocycles. The van der Waals surface area contributed by atoms with Crippen LogP contribution in [0.3, 0.4) is 0 Å². The smallest absolute Gasteiger partial charge is 0.119 e. The van der Waals surface area contributed by atoms with Crippen molar-refractivity contribution in [2.75, 3.05) is 26.7 Å². The summed E-state index contributed by atoms with van der Waals surface area (Å²) in [6.45, 7) is 8.08. The first-order valence-electron chi connectivity index (χ1n) is 9.20. The van der Waals surface area contributed by atoms with E-state index in [1.165, 1.54) is 17.5 Å². The summed E-state index contributed by atoms with van der Waals surface area (Å²) in [5, 5.41) is 0. The van der Waals surface area contributed by atoms with Crippen LogP contribution in [-0.2, 0) is 5.41 Å². The average Bonchev–Trinajstić information content (AvgIpc) is 2.65. The second-order valence-corrected chi connectivity index (χ2v) is 7.37. The van der Waals surface area contributed by atoms with E-state index in [1.807, 2.05) is 6.07 Å². The predicted octanol–water partition coefficient (Wildman–Crippen LogP) is 5.01. The van der Waals surface area contributed by atoms with Crippen molar-refractivity contribution in [1.82, 2.24) is 4.90 Å². The van der Waals surface area contributed by atoms with Crippen LogP contribution in [0.5, 0.6) is 5.75 Å². The van der Waals surface area contributed by atoms with Gasteiger partial charge in [-0.2, -0.15) is 0 Å². The van der Waals surface area contributed by atoms with Gasteiger partial charge in [0.2, 0.25) is 0 Å². The molecule has 0 saturated carbocycles. The van der Waals surface area contributed by atoms with Crippen molar-refractivity contribution in [2.45, 2.75) is 25.7 Å². The lowest BCUT2D eigenvalue weighted by Crippen LogP contribution is -2.47. The van der Waals surface area contributed by atoms with Crippen LogP contribution >= 0.6 is 0 Å². The molecule has 0 spiro atoms. The first-order chi connectivity index (χ1) is 12.1. The van der Waals surface area contributed by atoms with Gasteiger partial charge in [0.15, 0.2) is 0 Å². The molecular weight excluding hydrogens is 306 g/mol. The van der Waals surface area contributed by atoms with E-state index in [-0.39, 0.29) is 5.41 Å². The van der Waals surface area contributed by atoms with Crippen LogP contribution in [0.15, 0.2) is 60.7 Å². The number of rotatable bonds is 5. The second-order valence-electron chi connectivity index (χ2n) is 7.37. The van der Waals surface area contributed by atoms with Gasteiger partial charge in [-0.3, -0.25) is 4.90 Å². The number of likely N-dealkylation sites (tertiary alicyclic amines) is 1. The highest BCUT2D eigenvalue weighted by molar-refractivity contribution is 5.48. The molecule has 1 aliphatic rings. The highest BCUT2D eigenvalue weighted by Gasteiger charge is 2.37. The molecule has 0 N–H and O–H groups in total. The minimum atomic E-state index is 0.216. The van der Waals surface area contributed by atoms with Gasteiger partial charge in [0.1, 0.15) is 5.75 Å². The van der Waals surface area contributed by atoms with Gasteiger partial charge >= 0.3 is 0 Å². The number of nitrogens with zero attached hydrogens (tertiary/aromatic N) is 1. The molecule has 25 heavy (non-hydrogen) atoms. The summed E-state index contributed by atoms with van der Waals surface area (Å²) in [7, 11) is 1.74. The van der Waals surface area contributed by atoms with Crippen molar-refractivity contribution in [1.29, 1.82) is 0 Å². The monoisotopic (exact) mass is 335 g/mol. The summed E-state index contributed by atoms with van der Waals surface area (Å²) >= 11 is 0. The van der Waals surface area contributed by atoms with E-state index in [2.05, 4.69) is 79.4 Å². The van der Waals surface area contributed by atoms with Gasteiger partial charge in [-0.05, 0) is 47.6 Å². The van der Waals surface area contributed by atoms with Gasteiger partial charge in [-0.25, -0.2) is 0 Å². The number of hydrogen-bond acceptors (Lipinski definition) is 2. The Morgan fingerprint density at radius 1 is 1.16 bits per heavy atom. The molecule has 3 rings (SSSR count). The highest BCUT2D eigenvalue weighted by atomic mass is 16.5. The van der Waals surface area contributed by atoms with Gasteiger partial charge in [-0.15, -0.1) is 0 Å². The Hall–Kier alpha value is -2.06. The number of hydrogen-bond donors (Lipinski definition) is 0. The number of piperidine rings is 1. The molecule has 0 aromatic heterocycles. The SMILES string of the molecule is COc1cccc(C2(C)CCN(C/C=C/c3ccccc3)CC2C)c1. The molecular formula is C23H29NO. The third-order valence-corrected chi connectivity index (χ3v) is 5.77. The zero-order valence-electron chi connectivity index (χ0n) is 15.6. The predicted molar refractivity (Wildman–Crippen MR) is 106 cm³/mol. The normalized spacial score (nSPS) is 24.5. The molecule has 0 radical (unpaired) electrons. The fourth-order valence-corrected chi connectivity index (χ4v) is 3.79. The Labute approximate surface area is 152 Å². The molecule has 2 unspecified atom stereocenters. The first kappa shape index (κ1) is 17.8. The topological polar surface area (TPSA) is 12.5 Å². The van der Waals surface area contributed by atoms with Crippen LogP contribution in [0.2, 0.25) is 0 Å². The Balaban J connectivity index is 1.62. The molecule has 2 atom stereocenters. The van der Waals surface area contributed by atoms with Gasteiger partial charge in [-0.1, -0.05) is 68.5 Å². The standard InChI is InChI=1S/C23H29NO/c1-19-18-24(15-8-11-20-9-5-4-6-10-20)16-14-23(19,2)21-12-7-13-22(17-21)25-3/h4-13,17,19H,14-16,18H2,1-3H3/b11-8+. The summed E-state index contributed by atoms with van der Waals surface area (Å²) in [6, 6.07) is 19.1. The molecule has 132 valence electrons. The van der Waals surface area contributed by atoms with Crippen molar-refractivity contribution in [3.8, 4) is 5.75 Å². The van der Waals surface area contributed by atoms with E-state index in [0.717, 1.165) is 25.4 Å². The minimum absolute atomic E-state index is 0.216. The lowest BCUT2D eigenvalue weighted by molar-refractivity contribution is 0.121. The van der Waals surface area contributed by atoms with Crippen LogP contribution in [0.4, 0.5) is 0 Å². The molecule has 0 aliphatic carbocycles. The molecule has 1 aliphatic heterocycles. The zero-order chi connectivity index (χ0) is 17.7. The molecule has 0 bridgehead atoms. The maximum absolute atomic E-state index is 5.42. The van der Waals surface area contributed by atoms with Gasteiger partial charge in [0, 0.05) is 13.1 Å². The number of ether oxygens (including phenoxy) is 1. The van der Waals surface area contributed by atoms with Gasteiger partial charge in [0.25, 0.3) is 0 Å². The Bertz CT molecular complexity index is 709. The summed E-state index contributed by atoms with van der Waals surface area (Å²) < 4.78 is 5.42. The van der Waals surface area contributed by atoms with Crippen molar-refractivity contribution < 1.29 is 4.74 Å². The van der Waals surface area contributed by atoms with Gasteiger partial charge in [0.05, 0.1) is 7.11 Å². The third kappa shape index (κ3) is 4.13. The van der Waals surface area contributed by atoms with Crippen LogP contribution < -0.4 is 4.74 Å². The number of benzene rings is 2. The van der Waals surface area contributed by atoms with E-state index < -0.39 is 0 Å². The molecule has 2 heteroatoms. The van der Waals surface area contributed by atoms with Crippen molar-refractivity contribution in [3.63, 3.8) is 0 Å². The van der Waals surface area contributed by atoms with E-state index in [1.54, 1.807) is 7.11 Å². The lowest BCUT2D eigenvalue weighted by Gasteiger charge is -2.45. The van der Waals surface area contributed by atoms with Crippen LogP contribution in [-0.4, -0.2) is 31.6 Å². The summed E-state index contributed by atoms with van der Waals surface area (Å²) in [6.07, 6.45) is 5.69. The summed E-state index contributed by atoms with van der Waals surface area (Å²) in [5.74, 6) is 1.57. The molecule has 0 amide bonds. The zero-order valence-corrected chi connectivity index (χ0v) is 15.6. The summed E-state index contributed by atoms with van der Waals surface area (Å²) in [4.78, 5) is 2.56. The fraction of sp³-hybridized carbons (Fsp3) is 0.391. The maximum Gasteiger partial charge on any atom is 0.119 e. The largest absolute Gasteiger partial charge is 0.497 e. The highest BCUT2D eigenvalue weighted by Crippen LogP contribution is 2.40. The maximum atomic E-state index is 5.42. The Morgan fingerprint density at radius 2 is 1.96 bits per heavy atom. The van der Waals surface area contributed by atoms with E-state index in [4.69, 9.17) is 4.74 Å². The quantitative estimate of drug-likeness (QED) is 0.762. The van der Waals surface area contributed by atoms with Crippen molar-refractivity contribution in [3.05, 3.63) is 71.8 Å². The van der Waals surface area contributed by atoms with Crippen molar-refractivity contribution >= 4 is 6.08 Å². The van der Waals surface area contributed by atoms with E-state index in [0.29, 0.717) is 5.92 Å². The Morgan fingerprint density at radius 3 is 2.68 bits per heavy atom. The van der Waals surface area contributed by atoms with Gasteiger partial charge < -0.3 is 4.74 Å². The third-order valence-electron chi connectivity index (χ3n) is 5.77. The lowest BCUT2D eigenvalue weighted by atomic mass is 9.68. The molecule has 1 heterocycles. The fourth-order valence-electron chi connectivity index (χ4n) is 3.79. The molecule has 2 aromatic rings. The minimum Gasteiger partial charge on any atom is -0.497 e. The van der Waals surface area contributed by atoms with E-state index in [9.17, 15) is 0 Å².